The molecule has 4 rings (SSSR count). The molecule has 0 bridgehead atoms. The highest BCUT2D eigenvalue weighted by Crippen LogP contribution is 2.35. The first kappa shape index (κ1) is 23.4. The van der Waals surface area contributed by atoms with E-state index in [2.05, 4.69) is 24.0 Å². The Kier molecular flexibility index (Phi) is 6.79. The number of carboxylic acid groups (broad SMARTS) is 1. The molecule has 176 valence electrons. The van der Waals surface area contributed by atoms with Crippen molar-refractivity contribution in [1.29, 1.82) is 0 Å². The van der Waals surface area contributed by atoms with Gasteiger partial charge in [0.25, 0.3) is 0 Å². The van der Waals surface area contributed by atoms with Gasteiger partial charge in [-0.05, 0) is 73.1 Å². The third kappa shape index (κ3) is 5.58. The van der Waals surface area contributed by atoms with Crippen LogP contribution in [0.3, 0.4) is 0 Å². The molecule has 2 aliphatic rings. The number of halogens is 3. The molecule has 0 unspecified atom stereocenters. The minimum atomic E-state index is -4.32. The molecule has 0 aromatic heterocycles. The van der Waals surface area contributed by atoms with Gasteiger partial charge in [0.15, 0.2) is 0 Å². The van der Waals surface area contributed by atoms with E-state index in [0.717, 1.165) is 31.2 Å². The molecular weight excluding hydrogens is 431 g/mol. The summed E-state index contributed by atoms with van der Waals surface area (Å²) in [6.07, 6.45) is -1.29. The number of carbonyl (C=O) groups is 1. The quantitative estimate of drug-likeness (QED) is 0.533. The maximum absolute atomic E-state index is 12.8. The fourth-order valence-corrected chi connectivity index (χ4v) is 4.59. The maximum atomic E-state index is 12.8. The predicted octanol–water partition coefficient (Wildman–Crippen LogP) is 5.45. The Balaban J connectivity index is 1.30. The third-order valence-corrected chi connectivity index (χ3v) is 6.56. The average molecular weight is 460 g/mol. The molecule has 1 aliphatic heterocycles. The first-order valence-corrected chi connectivity index (χ1v) is 11.3. The first-order valence-electron chi connectivity index (χ1n) is 11.3. The minimum absolute atomic E-state index is 0.241. The molecule has 0 atom stereocenters. The van der Waals surface area contributed by atoms with Crippen LogP contribution in [-0.4, -0.2) is 42.2 Å². The number of carboxylic acids is 1. The average Bonchev–Trinajstić information content (AvgIpc) is 2.74. The van der Waals surface area contributed by atoms with Crippen LogP contribution in [0.4, 0.5) is 13.2 Å². The van der Waals surface area contributed by atoms with E-state index in [9.17, 15) is 18.0 Å². The lowest BCUT2D eigenvalue weighted by Gasteiger charge is -2.38. The van der Waals surface area contributed by atoms with Crippen molar-refractivity contribution in [3.05, 3.63) is 70.3 Å². The van der Waals surface area contributed by atoms with Gasteiger partial charge in [-0.2, -0.15) is 13.2 Å². The number of aryl methyl sites for hydroxylation is 2. The molecule has 1 saturated heterocycles. The molecule has 0 saturated carbocycles. The summed E-state index contributed by atoms with van der Waals surface area (Å²) in [6.45, 7) is 4.62. The van der Waals surface area contributed by atoms with Gasteiger partial charge < -0.3 is 9.84 Å². The van der Waals surface area contributed by atoms with Gasteiger partial charge in [-0.15, -0.1) is 0 Å². The summed E-state index contributed by atoms with van der Waals surface area (Å²) in [5.74, 6) is -0.176. The smallest absolute Gasteiger partial charge is 0.416 e. The van der Waals surface area contributed by atoms with Gasteiger partial charge in [-0.3, -0.25) is 9.69 Å². The van der Waals surface area contributed by atoms with Crippen molar-refractivity contribution in [3.63, 3.8) is 0 Å². The highest BCUT2D eigenvalue weighted by atomic mass is 19.4. The van der Waals surface area contributed by atoms with Crippen molar-refractivity contribution in [2.45, 2.75) is 38.8 Å². The van der Waals surface area contributed by atoms with Gasteiger partial charge >= 0.3 is 12.1 Å². The lowest BCUT2D eigenvalue weighted by Crippen LogP contribution is -2.50. The number of ether oxygens (including phenoxy) is 1. The van der Waals surface area contributed by atoms with Crippen molar-refractivity contribution < 1.29 is 27.8 Å². The molecule has 2 aromatic rings. The number of nitrogens with zero attached hydrogens (tertiary/aromatic N) is 1. The molecular formula is C26H28F3NO3. The zero-order valence-electron chi connectivity index (χ0n) is 18.6. The highest BCUT2D eigenvalue weighted by Gasteiger charge is 2.33. The van der Waals surface area contributed by atoms with Crippen molar-refractivity contribution in [2.75, 3.05) is 26.2 Å². The van der Waals surface area contributed by atoms with Crippen molar-refractivity contribution in [3.8, 4) is 5.75 Å². The second-order valence-corrected chi connectivity index (χ2v) is 8.93. The van der Waals surface area contributed by atoms with Crippen LogP contribution < -0.4 is 4.74 Å². The number of allylic oxidation sites excluding steroid dienone is 1. The number of fused-ring (bicyclic) bond motifs is 1. The molecule has 0 radical (unpaired) electrons. The third-order valence-electron chi connectivity index (χ3n) is 6.56. The van der Waals surface area contributed by atoms with Crippen LogP contribution >= 0.6 is 0 Å². The molecule has 7 heteroatoms. The van der Waals surface area contributed by atoms with Crippen molar-refractivity contribution in [2.24, 2.45) is 5.92 Å². The van der Waals surface area contributed by atoms with E-state index >= 15 is 0 Å². The summed E-state index contributed by atoms with van der Waals surface area (Å²) in [7, 11) is 0. The number of alkyl halides is 3. The molecule has 0 spiro atoms. The van der Waals surface area contributed by atoms with Crippen LogP contribution in [0.1, 0.15) is 42.0 Å². The van der Waals surface area contributed by atoms with Crippen LogP contribution in [0.15, 0.2) is 48.0 Å². The van der Waals surface area contributed by atoms with Gasteiger partial charge in [0, 0.05) is 19.6 Å². The van der Waals surface area contributed by atoms with E-state index in [1.807, 2.05) is 6.07 Å². The van der Waals surface area contributed by atoms with Gasteiger partial charge in [0.2, 0.25) is 0 Å². The second kappa shape index (κ2) is 9.59. The molecule has 1 fully saturated rings. The summed E-state index contributed by atoms with van der Waals surface area (Å²) in [6, 6.07) is 11.5. The van der Waals surface area contributed by atoms with Gasteiger partial charge in [0.1, 0.15) is 5.75 Å². The summed E-state index contributed by atoms with van der Waals surface area (Å²) >= 11 is 0. The fourth-order valence-electron chi connectivity index (χ4n) is 4.59. The Morgan fingerprint density at radius 2 is 1.94 bits per heavy atom. The lowest BCUT2D eigenvalue weighted by molar-refractivity contribution is -0.147. The Morgan fingerprint density at radius 1 is 1.15 bits per heavy atom. The lowest BCUT2D eigenvalue weighted by atomic mass is 9.85. The molecule has 4 nitrogen and oxygen atoms in total. The van der Waals surface area contributed by atoms with E-state index in [4.69, 9.17) is 9.84 Å². The topological polar surface area (TPSA) is 49.8 Å². The molecule has 0 amide bonds. The summed E-state index contributed by atoms with van der Waals surface area (Å²) < 4.78 is 44.4. The zero-order chi connectivity index (χ0) is 23.6. The zero-order valence-corrected chi connectivity index (χ0v) is 18.6. The van der Waals surface area contributed by atoms with Crippen LogP contribution in [-0.2, 0) is 23.8 Å². The highest BCUT2D eigenvalue weighted by molar-refractivity contribution is 5.73. The van der Waals surface area contributed by atoms with Crippen LogP contribution in [0.25, 0.3) is 5.57 Å². The monoisotopic (exact) mass is 459 g/mol. The largest absolute Gasteiger partial charge is 0.494 e. The number of rotatable bonds is 8. The van der Waals surface area contributed by atoms with E-state index in [-0.39, 0.29) is 5.92 Å². The SMILES string of the molecule is CC1=C(CN2CC(C(=O)O)C2)CCc2cc(OCCCc3cccc(C(F)(F)F)c3)ccc21. The fraction of sp³-hybridized carbons (Fsp3) is 0.423. The Labute approximate surface area is 191 Å². The van der Waals surface area contributed by atoms with Crippen LogP contribution in [0.2, 0.25) is 0 Å². The van der Waals surface area contributed by atoms with Crippen LogP contribution in [0, 0.1) is 5.92 Å². The normalized spacial score (nSPS) is 17.0. The maximum Gasteiger partial charge on any atom is 0.416 e. The summed E-state index contributed by atoms with van der Waals surface area (Å²) in [5.41, 5.74) is 5.10. The standard InChI is InChI=1S/C26H28F3NO3/c1-17-20(14-30-15-21(16-30)25(31)32)8-7-19-13-23(9-10-24(17)19)33-11-3-5-18-4-2-6-22(12-18)26(27,28)29/h2,4,6,9-10,12-13,21H,3,5,7-8,11,14-16H2,1H3,(H,31,32). The number of hydrogen-bond acceptors (Lipinski definition) is 3. The van der Waals surface area contributed by atoms with E-state index < -0.39 is 17.7 Å². The number of hydrogen-bond donors (Lipinski definition) is 1. The van der Waals surface area contributed by atoms with E-state index in [1.54, 1.807) is 6.07 Å². The number of likely N-dealkylation sites (tertiary alicyclic amines) is 1. The number of aliphatic carboxylic acids is 1. The molecule has 1 heterocycles. The first-order chi connectivity index (χ1) is 15.7. The Morgan fingerprint density at radius 3 is 2.67 bits per heavy atom. The molecule has 33 heavy (non-hydrogen) atoms. The molecule has 1 N–H and O–H groups in total. The Bertz CT molecular complexity index is 1050. The van der Waals surface area contributed by atoms with Gasteiger partial charge in [0.05, 0.1) is 18.1 Å². The van der Waals surface area contributed by atoms with Gasteiger partial charge in [-0.1, -0.05) is 29.8 Å². The van der Waals surface area contributed by atoms with Crippen molar-refractivity contribution in [1.82, 2.24) is 4.90 Å². The minimum Gasteiger partial charge on any atom is -0.494 e. The van der Waals surface area contributed by atoms with Gasteiger partial charge in [-0.25, -0.2) is 0 Å². The molecule has 1 aliphatic carbocycles. The molecule has 2 aromatic carbocycles. The predicted molar refractivity (Wildman–Crippen MR) is 120 cm³/mol. The van der Waals surface area contributed by atoms with Crippen molar-refractivity contribution >= 4 is 11.5 Å². The van der Waals surface area contributed by atoms with E-state index in [0.29, 0.717) is 38.1 Å². The summed E-state index contributed by atoms with van der Waals surface area (Å²) in [5, 5.41) is 9.05. The summed E-state index contributed by atoms with van der Waals surface area (Å²) in [4.78, 5) is 13.2. The van der Waals surface area contributed by atoms with E-state index in [1.165, 1.54) is 34.4 Å². The second-order valence-electron chi connectivity index (χ2n) is 8.93. The number of benzene rings is 2. The van der Waals surface area contributed by atoms with Crippen LogP contribution in [0.5, 0.6) is 5.75 Å². The Hall–Kier alpha value is -2.80.